The lowest BCUT2D eigenvalue weighted by Crippen LogP contribution is -2.28. The third-order valence-corrected chi connectivity index (χ3v) is 5.10. The van der Waals surface area contributed by atoms with Crippen LogP contribution in [-0.4, -0.2) is 30.9 Å². The van der Waals surface area contributed by atoms with Crippen molar-refractivity contribution in [3.05, 3.63) is 58.6 Å². The van der Waals surface area contributed by atoms with Crippen molar-refractivity contribution in [1.82, 2.24) is 0 Å². The summed E-state index contributed by atoms with van der Waals surface area (Å²) in [7, 11) is 0. The Bertz CT molecular complexity index is 911. The van der Waals surface area contributed by atoms with Gasteiger partial charge in [0.25, 0.3) is 0 Å². The quantitative estimate of drug-likeness (QED) is 0.774. The van der Waals surface area contributed by atoms with E-state index in [9.17, 15) is 14.4 Å². The van der Waals surface area contributed by atoms with Crippen molar-refractivity contribution in [2.75, 3.05) is 23.4 Å². The lowest BCUT2D eigenvalue weighted by Gasteiger charge is -2.19. The number of nitrogens with zero attached hydrogens (tertiary/aromatic N) is 1. The summed E-state index contributed by atoms with van der Waals surface area (Å²) in [4.78, 5) is 38.3. The van der Waals surface area contributed by atoms with Gasteiger partial charge in [0.05, 0.1) is 18.1 Å². The van der Waals surface area contributed by atoms with Gasteiger partial charge < -0.3 is 15.0 Å². The van der Waals surface area contributed by atoms with Crippen molar-refractivity contribution in [2.45, 2.75) is 20.3 Å². The van der Waals surface area contributed by atoms with E-state index in [-0.39, 0.29) is 18.2 Å². The van der Waals surface area contributed by atoms with Gasteiger partial charge in [-0.1, -0.05) is 17.7 Å². The lowest BCUT2D eigenvalue weighted by atomic mass is 10.1. The Balaban J connectivity index is 1.66. The third-order valence-electron chi connectivity index (χ3n) is 4.69. The monoisotopic (exact) mass is 400 g/mol. The molecule has 1 aliphatic rings. The normalized spacial score (nSPS) is 16.2. The predicted molar refractivity (Wildman–Crippen MR) is 108 cm³/mol. The van der Waals surface area contributed by atoms with Crippen LogP contribution in [0.25, 0.3) is 0 Å². The molecule has 146 valence electrons. The molecule has 2 aromatic rings. The first-order chi connectivity index (χ1) is 13.4. The summed E-state index contributed by atoms with van der Waals surface area (Å²) in [6.07, 6.45) is 0.138. The predicted octanol–water partition coefficient (Wildman–Crippen LogP) is 3.82. The summed E-state index contributed by atoms with van der Waals surface area (Å²) in [5.41, 5.74) is 2.51. The maximum atomic E-state index is 12.6. The van der Waals surface area contributed by atoms with Gasteiger partial charge in [0.15, 0.2) is 0 Å². The van der Waals surface area contributed by atoms with Gasteiger partial charge in [0.1, 0.15) is 0 Å². The van der Waals surface area contributed by atoms with Crippen LogP contribution in [-0.2, 0) is 14.3 Å². The van der Waals surface area contributed by atoms with E-state index >= 15 is 0 Å². The zero-order valence-corrected chi connectivity index (χ0v) is 16.5. The molecule has 28 heavy (non-hydrogen) atoms. The summed E-state index contributed by atoms with van der Waals surface area (Å²) >= 11 is 6.15. The molecule has 1 fully saturated rings. The molecule has 1 heterocycles. The number of halogens is 1. The van der Waals surface area contributed by atoms with E-state index < -0.39 is 11.9 Å². The topological polar surface area (TPSA) is 75.7 Å². The first kappa shape index (κ1) is 19.9. The molecule has 0 aliphatic carbocycles. The van der Waals surface area contributed by atoms with Gasteiger partial charge in [0, 0.05) is 29.4 Å². The highest BCUT2D eigenvalue weighted by Gasteiger charge is 2.35. The molecule has 1 N–H and O–H groups in total. The summed E-state index contributed by atoms with van der Waals surface area (Å²) in [5, 5.41) is 3.39. The number of benzene rings is 2. The summed E-state index contributed by atoms with van der Waals surface area (Å²) in [5.74, 6) is -1.22. The van der Waals surface area contributed by atoms with E-state index in [1.807, 2.05) is 13.0 Å². The third kappa shape index (κ3) is 4.17. The first-order valence-corrected chi connectivity index (χ1v) is 9.42. The molecule has 0 bridgehead atoms. The minimum absolute atomic E-state index is 0.108. The number of esters is 1. The molecule has 2 amide bonds. The molecule has 1 aliphatic heterocycles. The van der Waals surface area contributed by atoms with Crippen LogP contribution in [0.5, 0.6) is 0 Å². The minimum Gasteiger partial charge on any atom is -0.462 e. The lowest BCUT2D eigenvalue weighted by molar-refractivity contribution is -0.122. The van der Waals surface area contributed by atoms with Crippen LogP contribution in [0.15, 0.2) is 42.5 Å². The first-order valence-electron chi connectivity index (χ1n) is 9.04. The van der Waals surface area contributed by atoms with E-state index in [0.29, 0.717) is 29.4 Å². The van der Waals surface area contributed by atoms with Gasteiger partial charge in [-0.3, -0.25) is 9.59 Å². The number of nitrogens with one attached hydrogen (secondary N) is 1. The summed E-state index contributed by atoms with van der Waals surface area (Å²) < 4.78 is 4.94. The molecule has 0 unspecified atom stereocenters. The number of carbonyl (C=O) groups excluding carboxylic acids is 3. The minimum atomic E-state index is -0.462. The van der Waals surface area contributed by atoms with Gasteiger partial charge in [-0.15, -0.1) is 0 Å². The standard InChI is InChI=1S/C21H21ClN2O4/c1-3-28-21(27)14-7-9-16(10-8-14)23-20(26)15-11-19(25)24(12-15)18-6-4-5-17(22)13(18)2/h4-10,15H,3,11-12H2,1-2H3,(H,23,26)/t15-/m1/s1. The molecular weight excluding hydrogens is 380 g/mol. The van der Waals surface area contributed by atoms with Gasteiger partial charge in [-0.25, -0.2) is 4.79 Å². The molecule has 0 aromatic heterocycles. The molecule has 2 aromatic carbocycles. The average molecular weight is 401 g/mol. The number of amides is 2. The molecular formula is C21H21ClN2O4. The molecule has 0 spiro atoms. The van der Waals surface area contributed by atoms with Crippen LogP contribution < -0.4 is 10.2 Å². The highest BCUT2D eigenvalue weighted by molar-refractivity contribution is 6.31. The number of rotatable bonds is 5. The van der Waals surface area contributed by atoms with Gasteiger partial charge in [0.2, 0.25) is 11.8 Å². The van der Waals surface area contributed by atoms with Crippen molar-refractivity contribution < 1.29 is 19.1 Å². The van der Waals surface area contributed by atoms with Crippen molar-refractivity contribution in [1.29, 1.82) is 0 Å². The molecule has 0 radical (unpaired) electrons. The molecule has 1 saturated heterocycles. The zero-order chi connectivity index (χ0) is 20.3. The van der Waals surface area contributed by atoms with E-state index in [0.717, 1.165) is 11.3 Å². The molecule has 1 atom stereocenters. The van der Waals surface area contributed by atoms with Crippen LogP contribution in [0.2, 0.25) is 5.02 Å². The van der Waals surface area contributed by atoms with Crippen LogP contribution in [0.1, 0.15) is 29.3 Å². The van der Waals surface area contributed by atoms with Crippen LogP contribution in [0.3, 0.4) is 0 Å². The van der Waals surface area contributed by atoms with Gasteiger partial charge in [-0.05, 0) is 55.8 Å². The summed E-state index contributed by atoms with van der Waals surface area (Å²) in [6.45, 7) is 4.19. The SMILES string of the molecule is CCOC(=O)c1ccc(NC(=O)[C@@H]2CC(=O)N(c3cccc(Cl)c3C)C2)cc1. The Labute approximate surface area is 168 Å². The molecule has 0 saturated carbocycles. The number of ether oxygens (including phenoxy) is 1. The smallest absolute Gasteiger partial charge is 0.338 e. The van der Waals surface area contributed by atoms with Crippen molar-refractivity contribution in [3.63, 3.8) is 0 Å². The largest absolute Gasteiger partial charge is 0.462 e. The molecule has 6 nitrogen and oxygen atoms in total. The second-order valence-corrected chi connectivity index (χ2v) is 6.98. The Morgan fingerprint density at radius 2 is 1.93 bits per heavy atom. The molecule has 3 rings (SSSR count). The maximum Gasteiger partial charge on any atom is 0.338 e. The fourth-order valence-corrected chi connectivity index (χ4v) is 3.32. The van der Waals surface area contributed by atoms with Gasteiger partial charge >= 0.3 is 5.97 Å². The number of hydrogen-bond donors (Lipinski definition) is 1. The number of carbonyl (C=O) groups is 3. The Morgan fingerprint density at radius 3 is 2.61 bits per heavy atom. The fraction of sp³-hybridized carbons (Fsp3) is 0.286. The van der Waals surface area contributed by atoms with E-state index in [2.05, 4.69) is 5.32 Å². The number of anilines is 2. The fourth-order valence-electron chi connectivity index (χ4n) is 3.15. The van der Waals surface area contributed by atoms with Gasteiger partial charge in [-0.2, -0.15) is 0 Å². The van der Waals surface area contributed by atoms with E-state index in [4.69, 9.17) is 16.3 Å². The Kier molecular flexibility index (Phi) is 5.99. The zero-order valence-electron chi connectivity index (χ0n) is 15.7. The van der Waals surface area contributed by atoms with Crippen LogP contribution >= 0.6 is 11.6 Å². The molecule has 7 heteroatoms. The Hall–Kier alpha value is -2.86. The second-order valence-electron chi connectivity index (χ2n) is 6.58. The number of hydrogen-bond acceptors (Lipinski definition) is 4. The van der Waals surface area contributed by atoms with E-state index in [1.54, 1.807) is 48.2 Å². The average Bonchev–Trinajstić information content (AvgIpc) is 3.06. The van der Waals surface area contributed by atoms with Crippen LogP contribution in [0, 0.1) is 12.8 Å². The van der Waals surface area contributed by atoms with Crippen molar-refractivity contribution >= 4 is 40.8 Å². The van der Waals surface area contributed by atoms with Crippen LogP contribution in [0.4, 0.5) is 11.4 Å². The van der Waals surface area contributed by atoms with Crippen molar-refractivity contribution in [2.24, 2.45) is 5.92 Å². The van der Waals surface area contributed by atoms with E-state index in [1.165, 1.54) is 0 Å². The maximum absolute atomic E-state index is 12.6. The second kappa shape index (κ2) is 8.44. The summed E-state index contributed by atoms with van der Waals surface area (Å²) in [6, 6.07) is 11.8. The highest BCUT2D eigenvalue weighted by Crippen LogP contribution is 2.31. The van der Waals surface area contributed by atoms with Crippen molar-refractivity contribution in [3.8, 4) is 0 Å². The highest BCUT2D eigenvalue weighted by atomic mass is 35.5. The Morgan fingerprint density at radius 1 is 1.21 bits per heavy atom.